The minimum absolute atomic E-state index is 0.0287. The summed E-state index contributed by atoms with van der Waals surface area (Å²) in [5.74, 6) is -2.20. The number of halogens is 2. The van der Waals surface area contributed by atoms with Gasteiger partial charge < -0.3 is 15.2 Å². The second-order valence-electron chi connectivity index (χ2n) is 4.72. The van der Waals surface area contributed by atoms with E-state index in [0.717, 1.165) is 12.1 Å². The van der Waals surface area contributed by atoms with E-state index >= 15 is 0 Å². The maximum atomic E-state index is 12.9. The average molecular weight is 338 g/mol. The Morgan fingerprint density at radius 3 is 2.74 bits per heavy atom. The van der Waals surface area contributed by atoms with Crippen LogP contribution in [0, 0.1) is 12.7 Å². The fraction of sp³-hybridized carbons (Fsp3) is 0.125. The van der Waals surface area contributed by atoms with Crippen molar-refractivity contribution in [2.24, 2.45) is 0 Å². The molecule has 23 heavy (non-hydrogen) atoms. The van der Waals surface area contributed by atoms with Crippen LogP contribution in [0.4, 0.5) is 10.1 Å². The first-order valence-corrected chi connectivity index (χ1v) is 6.97. The third kappa shape index (κ3) is 4.20. The third-order valence-electron chi connectivity index (χ3n) is 3.00. The molecule has 0 saturated carbocycles. The van der Waals surface area contributed by atoms with Crippen molar-refractivity contribution in [3.8, 4) is 5.75 Å². The summed E-state index contributed by atoms with van der Waals surface area (Å²) in [6.07, 6.45) is 0. The SMILES string of the molecule is Cc1cccc(C(=O)OCC(=O)Nc2ccc(F)cc2Cl)c1O. The molecule has 0 atom stereocenters. The highest BCUT2D eigenvalue weighted by Crippen LogP contribution is 2.23. The van der Waals surface area contributed by atoms with E-state index in [1.807, 2.05) is 0 Å². The van der Waals surface area contributed by atoms with Gasteiger partial charge >= 0.3 is 5.97 Å². The number of carbonyl (C=O) groups excluding carboxylic acids is 2. The van der Waals surface area contributed by atoms with Gasteiger partial charge in [0, 0.05) is 0 Å². The number of phenols is 1. The predicted octanol–water partition coefficient (Wildman–Crippen LogP) is 3.29. The molecule has 0 aliphatic carbocycles. The first-order valence-electron chi connectivity index (χ1n) is 6.59. The number of rotatable bonds is 4. The zero-order valence-electron chi connectivity index (χ0n) is 12.1. The van der Waals surface area contributed by atoms with Crippen molar-refractivity contribution < 1.29 is 23.8 Å². The van der Waals surface area contributed by atoms with Crippen LogP contribution in [-0.2, 0) is 9.53 Å². The van der Waals surface area contributed by atoms with Gasteiger partial charge in [-0.2, -0.15) is 0 Å². The molecule has 2 aromatic rings. The predicted molar refractivity (Wildman–Crippen MR) is 83.2 cm³/mol. The number of para-hydroxylation sites is 1. The summed E-state index contributed by atoms with van der Waals surface area (Å²) in [5, 5.41) is 12.2. The topological polar surface area (TPSA) is 75.6 Å². The van der Waals surface area contributed by atoms with Gasteiger partial charge in [0.1, 0.15) is 17.1 Å². The number of amides is 1. The molecule has 0 saturated heterocycles. The van der Waals surface area contributed by atoms with Crippen LogP contribution in [-0.4, -0.2) is 23.6 Å². The quantitative estimate of drug-likeness (QED) is 0.839. The largest absolute Gasteiger partial charge is 0.507 e. The van der Waals surface area contributed by atoms with Crippen molar-refractivity contribution in [3.05, 3.63) is 58.4 Å². The minimum atomic E-state index is -0.827. The Hall–Kier alpha value is -2.60. The van der Waals surface area contributed by atoms with Crippen molar-refractivity contribution >= 4 is 29.2 Å². The van der Waals surface area contributed by atoms with Gasteiger partial charge in [-0.05, 0) is 36.8 Å². The second kappa shape index (κ2) is 7.11. The molecule has 1 amide bonds. The molecule has 2 N–H and O–H groups in total. The van der Waals surface area contributed by atoms with Crippen molar-refractivity contribution in [1.29, 1.82) is 0 Å². The van der Waals surface area contributed by atoms with Crippen LogP contribution in [0.2, 0.25) is 5.02 Å². The molecule has 0 aliphatic heterocycles. The normalized spacial score (nSPS) is 10.2. The third-order valence-corrected chi connectivity index (χ3v) is 3.31. The molecule has 7 heteroatoms. The molecule has 120 valence electrons. The van der Waals surface area contributed by atoms with Gasteiger partial charge in [-0.15, -0.1) is 0 Å². The maximum absolute atomic E-state index is 12.9. The Labute approximate surface area is 136 Å². The van der Waals surface area contributed by atoms with Gasteiger partial charge in [-0.25, -0.2) is 9.18 Å². The Bertz CT molecular complexity index is 764. The van der Waals surface area contributed by atoms with Gasteiger partial charge in [-0.1, -0.05) is 23.7 Å². The molecule has 0 fully saturated rings. The number of hydrogen-bond acceptors (Lipinski definition) is 4. The van der Waals surface area contributed by atoms with Crippen LogP contribution in [0.5, 0.6) is 5.75 Å². The van der Waals surface area contributed by atoms with Gasteiger partial charge in [0.05, 0.1) is 10.7 Å². The van der Waals surface area contributed by atoms with Crippen molar-refractivity contribution in [2.75, 3.05) is 11.9 Å². The van der Waals surface area contributed by atoms with Crippen LogP contribution >= 0.6 is 11.6 Å². The van der Waals surface area contributed by atoms with Crippen LogP contribution in [0.15, 0.2) is 36.4 Å². The number of hydrogen-bond donors (Lipinski definition) is 2. The van der Waals surface area contributed by atoms with E-state index in [-0.39, 0.29) is 22.0 Å². The highest BCUT2D eigenvalue weighted by atomic mass is 35.5. The van der Waals surface area contributed by atoms with Crippen LogP contribution in [0.3, 0.4) is 0 Å². The lowest BCUT2D eigenvalue weighted by Crippen LogP contribution is -2.21. The summed E-state index contributed by atoms with van der Waals surface area (Å²) < 4.78 is 17.7. The number of ether oxygens (including phenoxy) is 1. The zero-order valence-corrected chi connectivity index (χ0v) is 12.9. The lowest BCUT2D eigenvalue weighted by Gasteiger charge is -2.09. The zero-order chi connectivity index (χ0) is 17.0. The molecule has 0 heterocycles. The molecular weight excluding hydrogens is 325 g/mol. The molecule has 2 rings (SSSR count). The Kier molecular flexibility index (Phi) is 5.18. The van der Waals surface area contributed by atoms with E-state index in [4.69, 9.17) is 16.3 Å². The second-order valence-corrected chi connectivity index (χ2v) is 5.13. The first-order chi connectivity index (χ1) is 10.9. The fourth-order valence-electron chi connectivity index (χ4n) is 1.81. The lowest BCUT2D eigenvalue weighted by atomic mass is 10.1. The monoisotopic (exact) mass is 337 g/mol. The Morgan fingerprint density at radius 1 is 1.30 bits per heavy atom. The Morgan fingerprint density at radius 2 is 2.04 bits per heavy atom. The number of nitrogens with one attached hydrogen (secondary N) is 1. The average Bonchev–Trinajstić information content (AvgIpc) is 2.50. The summed E-state index contributed by atoms with van der Waals surface area (Å²) in [7, 11) is 0. The van der Waals surface area contributed by atoms with E-state index in [9.17, 15) is 19.1 Å². The standard InChI is InChI=1S/C16H13ClFNO4/c1-9-3-2-4-11(15(9)21)16(22)23-8-14(20)19-13-6-5-10(18)7-12(13)17/h2-7,21H,8H2,1H3,(H,19,20). The summed E-state index contributed by atoms with van der Waals surface area (Å²) in [6, 6.07) is 8.09. The van der Waals surface area contributed by atoms with E-state index in [1.54, 1.807) is 19.1 Å². The molecule has 0 aromatic heterocycles. The van der Waals surface area contributed by atoms with Crippen molar-refractivity contribution in [2.45, 2.75) is 6.92 Å². The lowest BCUT2D eigenvalue weighted by molar-refractivity contribution is -0.119. The van der Waals surface area contributed by atoms with Gasteiger partial charge in [-0.3, -0.25) is 4.79 Å². The highest BCUT2D eigenvalue weighted by Gasteiger charge is 2.16. The number of esters is 1. The van der Waals surface area contributed by atoms with E-state index < -0.39 is 24.3 Å². The maximum Gasteiger partial charge on any atom is 0.342 e. The summed E-state index contributed by atoms with van der Waals surface area (Å²) in [4.78, 5) is 23.6. The minimum Gasteiger partial charge on any atom is -0.507 e. The van der Waals surface area contributed by atoms with Gasteiger partial charge in [0.25, 0.3) is 5.91 Å². The number of carbonyl (C=O) groups is 2. The van der Waals surface area contributed by atoms with Gasteiger partial charge in [0.15, 0.2) is 6.61 Å². The summed E-state index contributed by atoms with van der Waals surface area (Å²) >= 11 is 5.77. The first kappa shape index (κ1) is 16.8. The van der Waals surface area contributed by atoms with Crippen molar-refractivity contribution in [3.63, 3.8) is 0 Å². The number of benzene rings is 2. The number of aromatic hydroxyl groups is 1. The summed E-state index contributed by atoms with van der Waals surface area (Å²) in [5.41, 5.74) is 0.687. The van der Waals surface area contributed by atoms with Crippen LogP contribution in [0.1, 0.15) is 15.9 Å². The number of anilines is 1. The Balaban J connectivity index is 1.96. The molecule has 5 nitrogen and oxygen atoms in total. The molecular formula is C16H13ClFNO4. The molecule has 0 unspecified atom stereocenters. The molecule has 0 spiro atoms. The van der Waals surface area contributed by atoms with Gasteiger partial charge in [0.2, 0.25) is 0 Å². The van der Waals surface area contributed by atoms with Crippen LogP contribution in [0.25, 0.3) is 0 Å². The molecule has 0 radical (unpaired) electrons. The van der Waals surface area contributed by atoms with E-state index in [0.29, 0.717) is 5.56 Å². The smallest absolute Gasteiger partial charge is 0.342 e. The fourth-order valence-corrected chi connectivity index (χ4v) is 2.02. The van der Waals surface area contributed by atoms with Crippen LogP contribution < -0.4 is 5.32 Å². The van der Waals surface area contributed by atoms with E-state index in [2.05, 4.69) is 5.32 Å². The highest BCUT2D eigenvalue weighted by molar-refractivity contribution is 6.33. The number of phenolic OH excluding ortho intramolecular Hbond substituents is 1. The molecule has 0 aliphatic rings. The summed E-state index contributed by atoms with van der Waals surface area (Å²) in [6.45, 7) is 1.06. The van der Waals surface area contributed by atoms with E-state index in [1.165, 1.54) is 12.1 Å². The molecule has 2 aromatic carbocycles. The number of aryl methyl sites for hydroxylation is 1. The van der Waals surface area contributed by atoms with Crippen molar-refractivity contribution in [1.82, 2.24) is 0 Å². The molecule has 0 bridgehead atoms.